The first kappa shape index (κ1) is 11.9. The van der Waals surface area contributed by atoms with Crippen LogP contribution in [-0.4, -0.2) is 61.9 Å². The summed E-state index contributed by atoms with van der Waals surface area (Å²) in [6.45, 7) is -0.821. The number of ether oxygens (including phenoxy) is 1. The highest BCUT2D eigenvalue weighted by molar-refractivity contribution is 7.49. The third kappa shape index (κ3) is 1.09. The van der Waals surface area contributed by atoms with Gasteiger partial charge >= 0.3 is 19.6 Å². The molecular formula is C6H9O10P. The zero-order valence-corrected chi connectivity index (χ0v) is 8.98. The van der Waals surface area contributed by atoms with E-state index in [0.29, 0.717) is 0 Å². The third-order valence-electron chi connectivity index (χ3n) is 2.89. The predicted octanol–water partition coefficient (Wildman–Crippen LogP) is -3.05. The molecule has 3 aliphatic rings. The summed E-state index contributed by atoms with van der Waals surface area (Å²) in [5.41, 5.74) is 0. The van der Waals surface area contributed by atoms with Gasteiger partial charge in [-0.25, -0.2) is 18.1 Å². The molecule has 0 radical (unpaired) electrons. The Bertz CT molecular complexity index is 427. The summed E-state index contributed by atoms with van der Waals surface area (Å²) in [6.07, 6.45) is -3.53. The SMILES string of the molecule is O=P12O[C@@]3(O)O[C@H](CO)[C@H](O)[C@@](O)(O1)[C@@]3(O)O2. The lowest BCUT2D eigenvalue weighted by Crippen LogP contribution is -2.78. The van der Waals surface area contributed by atoms with Crippen LogP contribution >= 0.6 is 7.82 Å². The molecule has 3 saturated heterocycles. The van der Waals surface area contributed by atoms with E-state index in [2.05, 4.69) is 18.3 Å². The summed E-state index contributed by atoms with van der Waals surface area (Å²) in [5.74, 6) is -9.00. The fourth-order valence-electron chi connectivity index (χ4n) is 2.03. The molecule has 6 atom stereocenters. The van der Waals surface area contributed by atoms with E-state index in [4.69, 9.17) is 5.11 Å². The Balaban J connectivity index is 2.15. The van der Waals surface area contributed by atoms with Crippen LogP contribution in [0, 0.1) is 0 Å². The summed E-state index contributed by atoms with van der Waals surface area (Å²) in [6, 6.07) is 0. The molecule has 98 valence electrons. The Morgan fingerprint density at radius 2 is 1.82 bits per heavy atom. The van der Waals surface area contributed by atoms with Gasteiger partial charge in [0.1, 0.15) is 12.2 Å². The number of hydrogen-bond acceptors (Lipinski definition) is 10. The Morgan fingerprint density at radius 3 is 2.35 bits per heavy atom. The Morgan fingerprint density at radius 1 is 1.18 bits per heavy atom. The maximum absolute atomic E-state index is 11.6. The molecule has 0 aromatic heterocycles. The van der Waals surface area contributed by atoms with Crippen LogP contribution in [0.1, 0.15) is 0 Å². The lowest BCUT2D eigenvalue weighted by molar-refractivity contribution is -0.526. The van der Waals surface area contributed by atoms with Gasteiger partial charge in [0.05, 0.1) is 6.61 Å². The van der Waals surface area contributed by atoms with Crippen molar-refractivity contribution in [1.82, 2.24) is 0 Å². The van der Waals surface area contributed by atoms with E-state index < -0.39 is 44.2 Å². The Labute approximate surface area is 93.5 Å². The smallest absolute Gasteiger partial charge is 0.394 e. The van der Waals surface area contributed by atoms with Crippen molar-refractivity contribution < 1.29 is 48.4 Å². The molecule has 3 aliphatic heterocycles. The number of fused-ring (bicyclic) bond motifs is 1. The summed E-state index contributed by atoms with van der Waals surface area (Å²) in [4.78, 5) is 0. The van der Waals surface area contributed by atoms with E-state index in [1.807, 2.05) is 0 Å². The van der Waals surface area contributed by atoms with Crippen molar-refractivity contribution in [2.45, 2.75) is 29.8 Å². The van der Waals surface area contributed by atoms with Crippen LogP contribution in [0.2, 0.25) is 0 Å². The molecule has 0 spiro atoms. The van der Waals surface area contributed by atoms with Crippen molar-refractivity contribution >= 4 is 7.82 Å². The molecule has 0 aliphatic carbocycles. The van der Waals surface area contributed by atoms with Gasteiger partial charge in [-0.1, -0.05) is 0 Å². The number of rotatable bonds is 1. The van der Waals surface area contributed by atoms with Crippen molar-refractivity contribution in [2.24, 2.45) is 0 Å². The van der Waals surface area contributed by atoms with Crippen LogP contribution in [0.25, 0.3) is 0 Å². The van der Waals surface area contributed by atoms with Gasteiger partial charge in [0, 0.05) is 0 Å². The van der Waals surface area contributed by atoms with E-state index in [9.17, 15) is 25.0 Å². The highest BCUT2D eigenvalue weighted by Crippen LogP contribution is 2.76. The van der Waals surface area contributed by atoms with Crippen LogP contribution in [0.5, 0.6) is 0 Å². The van der Waals surface area contributed by atoms with Crippen molar-refractivity contribution in [2.75, 3.05) is 6.61 Å². The highest BCUT2D eigenvalue weighted by atomic mass is 31.2. The second kappa shape index (κ2) is 2.89. The minimum absolute atomic E-state index is 0.821. The van der Waals surface area contributed by atoms with Crippen LogP contribution < -0.4 is 0 Å². The van der Waals surface area contributed by atoms with Gasteiger partial charge in [0.15, 0.2) is 0 Å². The van der Waals surface area contributed by atoms with Gasteiger partial charge in [-0.2, -0.15) is 0 Å². The molecule has 3 rings (SSSR count). The largest absolute Gasteiger partial charge is 0.485 e. The molecule has 2 bridgehead atoms. The number of phosphoric acid groups is 1. The van der Waals surface area contributed by atoms with Crippen molar-refractivity contribution in [3.05, 3.63) is 0 Å². The number of aliphatic hydroxyl groups excluding tert-OH is 2. The molecule has 0 saturated carbocycles. The monoisotopic (exact) mass is 272 g/mol. The van der Waals surface area contributed by atoms with Gasteiger partial charge in [0.25, 0.3) is 5.79 Å². The molecule has 17 heavy (non-hydrogen) atoms. The second-order valence-electron chi connectivity index (χ2n) is 3.93. The van der Waals surface area contributed by atoms with Crippen LogP contribution in [-0.2, 0) is 22.9 Å². The van der Waals surface area contributed by atoms with Crippen LogP contribution in [0.3, 0.4) is 0 Å². The molecule has 3 fully saturated rings. The van der Waals surface area contributed by atoms with Gasteiger partial charge < -0.3 is 30.3 Å². The molecule has 3 heterocycles. The van der Waals surface area contributed by atoms with Gasteiger partial charge in [-0.3, -0.25) is 0 Å². The molecule has 1 unspecified atom stereocenters. The standard InChI is InChI=1S/C6H9O10P/c7-1-2-3(8)4(9)5(10)6(11,13-2)16-17(12,14-4)15-5/h2-3,7-11H,1H2/t2-,3+,4-,5-,6+,17?/m1/s1. The lowest BCUT2D eigenvalue weighted by Gasteiger charge is -2.50. The molecule has 10 nitrogen and oxygen atoms in total. The molecule has 0 aromatic carbocycles. The molecule has 0 aromatic rings. The van der Waals surface area contributed by atoms with Crippen molar-refractivity contribution in [1.29, 1.82) is 0 Å². The fourth-order valence-corrected chi connectivity index (χ4v) is 3.75. The van der Waals surface area contributed by atoms with E-state index in [-0.39, 0.29) is 0 Å². The third-order valence-corrected chi connectivity index (χ3v) is 4.35. The van der Waals surface area contributed by atoms with Crippen molar-refractivity contribution in [3.63, 3.8) is 0 Å². The minimum Gasteiger partial charge on any atom is -0.394 e. The zero-order chi connectivity index (χ0) is 12.7. The van der Waals surface area contributed by atoms with Gasteiger partial charge in [-0.05, 0) is 0 Å². The summed E-state index contributed by atoms with van der Waals surface area (Å²) in [5, 5.41) is 48.1. The normalized spacial score (nSPS) is 65.2. The lowest BCUT2D eigenvalue weighted by atomic mass is 9.90. The quantitative estimate of drug-likeness (QED) is 0.311. The zero-order valence-electron chi connectivity index (χ0n) is 8.09. The van der Waals surface area contributed by atoms with Crippen molar-refractivity contribution in [3.8, 4) is 0 Å². The first-order valence-electron chi connectivity index (χ1n) is 4.56. The summed E-state index contributed by atoms with van der Waals surface area (Å²) >= 11 is 0. The highest BCUT2D eigenvalue weighted by Gasteiger charge is 2.89. The summed E-state index contributed by atoms with van der Waals surface area (Å²) in [7, 11) is -4.44. The Kier molecular flexibility index (Phi) is 2.03. The molecule has 5 N–H and O–H groups in total. The van der Waals surface area contributed by atoms with E-state index in [1.165, 1.54) is 0 Å². The summed E-state index contributed by atoms with van der Waals surface area (Å²) < 4.78 is 29.4. The van der Waals surface area contributed by atoms with Crippen LogP contribution in [0.4, 0.5) is 0 Å². The Hall–Kier alpha value is -0.130. The van der Waals surface area contributed by atoms with E-state index in [1.54, 1.807) is 0 Å². The molecule has 0 amide bonds. The molecular weight excluding hydrogens is 263 g/mol. The fraction of sp³-hybridized carbons (Fsp3) is 1.00. The van der Waals surface area contributed by atoms with Crippen LogP contribution in [0.15, 0.2) is 0 Å². The van der Waals surface area contributed by atoms with Gasteiger partial charge in [-0.15, -0.1) is 0 Å². The average molecular weight is 272 g/mol. The number of aliphatic hydroxyl groups is 5. The first-order valence-corrected chi connectivity index (χ1v) is 6.02. The van der Waals surface area contributed by atoms with E-state index >= 15 is 0 Å². The number of phosphoric ester groups is 1. The topological polar surface area (TPSA) is 155 Å². The first-order chi connectivity index (χ1) is 7.70. The number of hydrogen-bond donors (Lipinski definition) is 5. The van der Waals surface area contributed by atoms with E-state index in [0.717, 1.165) is 0 Å². The minimum atomic E-state index is -4.44. The maximum atomic E-state index is 11.6. The second-order valence-corrected chi connectivity index (χ2v) is 5.37. The van der Waals surface area contributed by atoms with Gasteiger partial charge in [0.2, 0.25) is 0 Å². The maximum Gasteiger partial charge on any atom is 0.485 e. The average Bonchev–Trinajstić information content (AvgIpc) is 2.54. The predicted molar refractivity (Wildman–Crippen MR) is 43.7 cm³/mol. The molecule has 11 heteroatoms.